The van der Waals surface area contributed by atoms with Crippen molar-refractivity contribution in [2.24, 2.45) is 0 Å². The molecule has 6 nitrogen and oxygen atoms in total. The Kier molecular flexibility index (Phi) is 4.70. The molecule has 2 aromatic carbocycles. The number of nitrogens with one attached hydrogen (secondary N) is 1. The normalized spacial score (nSPS) is 11.0. The maximum Gasteiger partial charge on any atom is 0.223 e. The van der Waals surface area contributed by atoms with Gasteiger partial charge in [-0.1, -0.05) is 53.7 Å². The highest BCUT2D eigenvalue weighted by Crippen LogP contribution is 2.31. The molecule has 0 atom stereocenters. The molecule has 4 aromatic rings. The van der Waals surface area contributed by atoms with E-state index in [0.29, 0.717) is 25.2 Å². The Morgan fingerprint density at radius 3 is 2.67 bits per heavy atom. The lowest BCUT2D eigenvalue weighted by Gasteiger charge is -2.15. The lowest BCUT2D eigenvalue weighted by Crippen LogP contribution is -2.26. The molecule has 0 radical (unpaired) electrons. The Balaban J connectivity index is 1.57. The number of carbonyl (C=O) groups is 1. The van der Waals surface area contributed by atoms with Gasteiger partial charge in [0.05, 0.1) is 6.54 Å². The van der Waals surface area contributed by atoms with Gasteiger partial charge >= 0.3 is 0 Å². The molecule has 6 heteroatoms. The van der Waals surface area contributed by atoms with E-state index in [-0.39, 0.29) is 5.91 Å². The van der Waals surface area contributed by atoms with Crippen molar-refractivity contribution in [2.75, 3.05) is 7.05 Å². The van der Waals surface area contributed by atoms with Crippen molar-refractivity contribution in [3.8, 4) is 11.3 Å². The van der Waals surface area contributed by atoms with Crippen molar-refractivity contribution < 1.29 is 9.32 Å². The molecule has 2 heterocycles. The molecular weight excluding hydrogens is 340 g/mol. The third-order valence-electron chi connectivity index (χ3n) is 4.68. The van der Waals surface area contributed by atoms with Gasteiger partial charge in [-0.2, -0.15) is 4.98 Å². The number of aromatic amines is 1. The van der Waals surface area contributed by atoms with Gasteiger partial charge in [0.25, 0.3) is 0 Å². The van der Waals surface area contributed by atoms with Crippen LogP contribution in [0.1, 0.15) is 17.8 Å². The minimum atomic E-state index is 0.0455. The van der Waals surface area contributed by atoms with Crippen LogP contribution in [-0.4, -0.2) is 33.0 Å². The Morgan fingerprint density at radius 1 is 1.11 bits per heavy atom. The molecule has 0 saturated heterocycles. The second kappa shape index (κ2) is 7.45. The van der Waals surface area contributed by atoms with Gasteiger partial charge < -0.3 is 14.4 Å². The molecule has 136 valence electrons. The maximum atomic E-state index is 12.6. The van der Waals surface area contributed by atoms with Crippen LogP contribution in [0.5, 0.6) is 0 Å². The van der Waals surface area contributed by atoms with Gasteiger partial charge in [-0.15, -0.1) is 0 Å². The fraction of sp³-hybridized carbons (Fsp3) is 0.190. The quantitative estimate of drug-likeness (QED) is 0.567. The van der Waals surface area contributed by atoms with Crippen molar-refractivity contribution in [1.82, 2.24) is 20.0 Å². The predicted molar refractivity (Wildman–Crippen MR) is 103 cm³/mol. The van der Waals surface area contributed by atoms with E-state index in [1.54, 1.807) is 11.9 Å². The number of aryl methyl sites for hydroxylation is 1. The second-order valence-corrected chi connectivity index (χ2v) is 6.49. The number of H-pyrrole nitrogens is 1. The summed E-state index contributed by atoms with van der Waals surface area (Å²) in [7, 11) is 1.76. The number of amides is 1. The van der Waals surface area contributed by atoms with Crippen LogP contribution < -0.4 is 0 Å². The summed E-state index contributed by atoms with van der Waals surface area (Å²) >= 11 is 0. The summed E-state index contributed by atoms with van der Waals surface area (Å²) in [5.41, 5.74) is 4.44. The predicted octanol–water partition coefficient (Wildman–Crippen LogP) is 3.81. The van der Waals surface area contributed by atoms with Crippen molar-refractivity contribution in [3.63, 3.8) is 0 Å². The van der Waals surface area contributed by atoms with Gasteiger partial charge in [-0.25, -0.2) is 0 Å². The van der Waals surface area contributed by atoms with Crippen LogP contribution in [0.4, 0.5) is 0 Å². The molecule has 4 rings (SSSR count). The van der Waals surface area contributed by atoms with E-state index >= 15 is 0 Å². The molecule has 1 amide bonds. The zero-order valence-electron chi connectivity index (χ0n) is 15.1. The van der Waals surface area contributed by atoms with E-state index in [2.05, 4.69) is 39.4 Å². The number of aromatic nitrogens is 3. The minimum absolute atomic E-state index is 0.0455. The summed E-state index contributed by atoms with van der Waals surface area (Å²) in [5.74, 6) is 0.548. The SMILES string of the molecule is CN(Cc1ncon1)C(=O)CCc1c(-c2ccccc2)[nH]c2ccccc12. The Bertz CT molecular complexity index is 1040. The number of carbonyl (C=O) groups excluding carboxylic acids is 1. The third kappa shape index (κ3) is 3.60. The Labute approximate surface area is 156 Å². The average Bonchev–Trinajstić information content (AvgIpc) is 3.34. The van der Waals surface area contributed by atoms with E-state index in [1.165, 1.54) is 6.39 Å². The molecule has 0 bridgehead atoms. The molecule has 0 aliphatic carbocycles. The number of hydrogen-bond acceptors (Lipinski definition) is 4. The van der Waals surface area contributed by atoms with Crippen LogP contribution >= 0.6 is 0 Å². The molecule has 0 aliphatic heterocycles. The fourth-order valence-corrected chi connectivity index (χ4v) is 3.30. The molecule has 2 aromatic heterocycles. The lowest BCUT2D eigenvalue weighted by atomic mass is 10.0. The fourth-order valence-electron chi connectivity index (χ4n) is 3.30. The van der Waals surface area contributed by atoms with Gasteiger partial charge in [0.15, 0.2) is 5.82 Å². The molecule has 0 saturated carbocycles. The first-order chi connectivity index (χ1) is 13.2. The van der Waals surface area contributed by atoms with Crippen LogP contribution in [0.25, 0.3) is 22.2 Å². The maximum absolute atomic E-state index is 12.6. The second-order valence-electron chi connectivity index (χ2n) is 6.49. The highest BCUT2D eigenvalue weighted by atomic mass is 16.5. The van der Waals surface area contributed by atoms with E-state index in [4.69, 9.17) is 4.52 Å². The molecule has 0 unspecified atom stereocenters. The Hall–Kier alpha value is -3.41. The molecule has 0 fully saturated rings. The van der Waals surface area contributed by atoms with Gasteiger partial charge in [-0.3, -0.25) is 4.79 Å². The number of benzene rings is 2. The number of fused-ring (bicyclic) bond motifs is 1. The van der Waals surface area contributed by atoms with Crippen LogP contribution in [0.3, 0.4) is 0 Å². The zero-order chi connectivity index (χ0) is 18.6. The highest BCUT2D eigenvalue weighted by Gasteiger charge is 2.16. The topological polar surface area (TPSA) is 75.0 Å². The van der Waals surface area contributed by atoms with Gasteiger partial charge in [0.1, 0.15) is 0 Å². The first-order valence-electron chi connectivity index (χ1n) is 8.86. The van der Waals surface area contributed by atoms with E-state index in [0.717, 1.165) is 27.7 Å². The van der Waals surface area contributed by atoms with Crippen LogP contribution in [-0.2, 0) is 17.8 Å². The molecule has 0 aliphatic rings. The van der Waals surface area contributed by atoms with Crippen molar-refractivity contribution >= 4 is 16.8 Å². The standard InChI is InChI=1S/C21H20N4O2/c1-25(13-19-22-14-27-24-19)20(26)12-11-17-16-9-5-6-10-18(16)23-21(17)15-7-3-2-4-8-15/h2-10,14,23H,11-13H2,1H3. The smallest absolute Gasteiger partial charge is 0.223 e. The highest BCUT2D eigenvalue weighted by molar-refractivity contribution is 5.91. The van der Waals surface area contributed by atoms with E-state index in [9.17, 15) is 4.79 Å². The average molecular weight is 360 g/mol. The monoisotopic (exact) mass is 360 g/mol. The van der Waals surface area contributed by atoms with Gasteiger partial charge in [-0.05, 0) is 23.6 Å². The Morgan fingerprint density at radius 2 is 1.89 bits per heavy atom. The van der Waals surface area contributed by atoms with Crippen molar-refractivity contribution in [2.45, 2.75) is 19.4 Å². The summed E-state index contributed by atoms with van der Waals surface area (Å²) in [6.07, 6.45) is 2.34. The minimum Gasteiger partial charge on any atom is -0.354 e. The summed E-state index contributed by atoms with van der Waals surface area (Å²) < 4.78 is 4.72. The summed E-state index contributed by atoms with van der Waals surface area (Å²) in [6.45, 7) is 0.342. The van der Waals surface area contributed by atoms with Crippen LogP contribution in [0, 0.1) is 0 Å². The van der Waals surface area contributed by atoms with E-state index in [1.807, 2.05) is 30.3 Å². The molecule has 27 heavy (non-hydrogen) atoms. The third-order valence-corrected chi connectivity index (χ3v) is 4.68. The lowest BCUT2D eigenvalue weighted by molar-refractivity contribution is -0.130. The van der Waals surface area contributed by atoms with Crippen molar-refractivity contribution in [3.05, 3.63) is 72.4 Å². The van der Waals surface area contributed by atoms with E-state index < -0.39 is 0 Å². The zero-order valence-corrected chi connectivity index (χ0v) is 15.1. The molecular formula is C21H20N4O2. The number of hydrogen-bond donors (Lipinski definition) is 1. The van der Waals surface area contributed by atoms with Crippen molar-refractivity contribution in [1.29, 1.82) is 0 Å². The van der Waals surface area contributed by atoms with Crippen LogP contribution in [0.2, 0.25) is 0 Å². The first kappa shape index (κ1) is 17.0. The largest absolute Gasteiger partial charge is 0.354 e. The summed E-state index contributed by atoms with van der Waals surface area (Å²) in [6, 6.07) is 18.4. The number of nitrogens with zero attached hydrogens (tertiary/aromatic N) is 3. The van der Waals surface area contributed by atoms with Crippen LogP contribution in [0.15, 0.2) is 65.5 Å². The number of rotatable bonds is 6. The molecule has 0 spiro atoms. The molecule has 1 N–H and O–H groups in total. The summed E-state index contributed by atoms with van der Waals surface area (Å²) in [4.78, 5) is 21.7. The summed E-state index contributed by atoms with van der Waals surface area (Å²) in [5, 5.41) is 4.92. The van der Waals surface area contributed by atoms with Gasteiger partial charge in [0, 0.05) is 30.1 Å². The first-order valence-corrected chi connectivity index (χ1v) is 8.86. The van der Waals surface area contributed by atoms with Gasteiger partial charge in [0.2, 0.25) is 12.3 Å². The number of para-hydroxylation sites is 1.